The highest BCUT2D eigenvalue weighted by Gasteiger charge is 2.22. The summed E-state index contributed by atoms with van der Waals surface area (Å²) in [5.74, 6) is -0.780. The van der Waals surface area contributed by atoms with Crippen molar-refractivity contribution in [2.75, 3.05) is 13.2 Å². The van der Waals surface area contributed by atoms with Crippen LogP contribution in [-0.2, 0) is 20.7 Å². The first kappa shape index (κ1) is 17.2. The maximum Gasteiger partial charge on any atom is 0.310 e. The Hall–Kier alpha value is -2.66. The number of rotatable bonds is 5. The van der Waals surface area contributed by atoms with Gasteiger partial charge in [-0.1, -0.05) is 54.1 Å². The molecule has 0 unspecified atom stereocenters. The van der Waals surface area contributed by atoms with Crippen LogP contribution in [0.2, 0.25) is 5.02 Å². The highest BCUT2D eigenvalue weighted by Crippen LogP contribution is 2.14. The van der Waals surface area contributed by atoms with Gasteiger partial charge in [0, 0.05) is 11.4 Å². The Kier molecular flexibility index (Phi) is 5.46. The van der Waals surface area contributed by atoms with Crippen molar-refractivity contribution in [1.29, 1.82) is 0 Å². The van der Waals surface area contributed by atoms with Gasteiger partial charge in [-0.3, -0.25) is 9.59 Å². The molecule has 0 bridgehead atoms. The van der Waals surface area contributed by atoms with E-state index < -0.39 is 5.97 Å². The molecule has 1 heterocycles. The fraction of sp³-hybridized carbons (Fsp3) is 0.211. The van der Waals surface area contributed by atoms with Gasteiger partial charge in [0.15, 0.2) is 6.61 Å². The topological polar surface area (TPSA) is 59.0 Å². The van der Waals surface area contributed by atoms with E-state index in [1.807, 2.05) is 30.3 Å². The Morgan fingerprint density at radius 3 is 2.52 bits per heavy atom. The van der Waals surface area contributed by atoms with Crippen molar-refractivity contribution >= 4 is 29.2 Å². The molecule has 0 aliphatic carbocycles. The molecule has 25 heavy (non-hydrogen) atoms. The van der Waals surface area contributed by atoms with Gasteiger partial charge in [0.1, 0.15) is 0 Å². The molecule has 0 N–H and O–H groups in total. The fourth-order valence-corrected chi connectivity index (χ4v) is 2.63. The molecule has 3 rings (SSSR count). The van der Waals surface area contributed by atoms with Crippen LogP contribution in [0.1, 0.15) is 17.5 Å². The molecule has 1 aliphatic heterocycles. The molecular formula is C19H17ClN2O3. The molecule has 2 aromatic carbocycles. The molecule has 0 saturated heterocycles. The Bertz CT molecular complexity index is 788. The number of hydrogen-bond acceptors (Lipinski definition) is 4. The summed E-state index contributed by atoms with van der Waals surface area (Å²) >= 11 is 5.80. The lowest BCUT2D eigenvalue weighted by Gasteiger charge is -2.11. The first-order chi connectivity index (χ1) is 12.1. The minimum atomic E-state index is -0.456. The van der Waals surface area contributed by atoms with Gasteiger partial charge in [-0.05, 0) is 23.3 Å². The Morgan fingerprint density at radius 1 is 1.08 bits per heavy atom. The molecule has 1 aliphatic rings. The van der Waals surface area contributed by atoms with Crippen LogP contribution in [0.3, 0.4) is 0 Å². The molecule has 0 saturated carbocycles. The lowest BCUT2D eigenvalue weighted by atomic mass is 10.1. The van der Waals surface area contributed by atoms with Crippen molar-refractivity contribution in [3.05, 3.63) is 70.7 Å². The van der Waals surface area contributed by atoms with Crippen molar-refractivity contribution in [1.82, 2.24) is 5.01 Å². The van der Waals surface area contributed by atoms with Crippen molar-refractivity contribution in [3.63, 3.8) is 0 Å². The van der Waals surface area contributed by atoms with Gasteiger partial charge in [-0.15, -0.1) is 0 Å². The van der Waals surface area contributed by atoms with Crippen molar-refractivity contribution in [2.24, 2.45) is 5.10 Å². The van der Waals surface area contributed by atoms with Gasteiger partial charge < -0.3 is 4.74 Å². The molecule has 0 spiro atoms. The first-order valence-corrected chi connectivity index (χ1v) is 8.33. The Balaban J connectivity index is 1.50. The van der Waals surface area contributed by atoms with E-state index in [-0.39, 0.29) is 18.9 Å². The number of ether oxygens (including phenoxy) is 1. The number of esters is 1. The number of carbonyl (C=O) groups excluding carboxylic acids is 2. The highest BCUT2D eigenvalue weighted by atomic mass is 35.5. The van der Waals surface area contributed by atoms with Gasteiger partial charge >= 0.3 is 5.97 Å². The summed E-state index contributed by atoms with van der Waals surface area (Å²) < 4.78 is 5.06. The largest absolute Gasteiger partial charge is 0.455 e. The number of amides is 1. The predicted molar refractivity (Wildman–Crippen MR) is 95.4 cm³/mol. The van der Waals surface area contributed by atoms with Gasteiger partial charge in [0.25, 0.3) is 5.91 Å². The average Bonchev–Trinajstić information content (AvgIpc) is 3.13. The predicted octanol–water partition coefficient (Wildman–Crippen LogP) is 3.06. The van der Waals surface area contributed by atoms with E-state index in [0.29, 0.717) is 18.0 Å². The molecule has 0 atom stereocenters. The lowest BCUT2D eigenvalue weighted by molar-refractivity contribution is -0.151. The third-order valence-electron chi connectivity index (χ3n) is 3.82. The third kappa shape index (κ3) is 4.67. The molecule has 2 aromatic rings. The Labute approximate surface area is 150 Å². The van der Waals surface area contributed by atoms with Crippen LogP contribution in [0.5, 0.6) is 0 Å². The van der Waals surface area contributed by atoms with Crippen molar-refractivity contribution in [2.45, 2.75) is 12.8 Å². The van der Waals surface area contributed by atoms with Crippen LogP contribution in [0.15, 0.2) is 59.7 Å². The summed E-state index contributed by atoms with van der Waals surface area (Å²) in [6.07, 6.45) is 0.789. The van der Waals surface area contributed by atoms with Crippen molar-refractivity contribution < 1.29 is 14.3 Å². The van der Waals surface area contributed by atoms with Gasteiger partial charge in [-0.25, -0.2) is 5.01 Å². The zero-order chi connectivity index (χ0) is 17.6. The molecule has 0 radical (unpaired) electrons. The lowest BCUT2D eigenvalue weighted by Crippen LogP contribution is -2.29. The quantitative estimate of drug-likeness (QED) is 0.773. The summed E-state index contributed by atoms with van der Waals surface area (Å²) in [6.45, 7) is 0.190. The number of halogens is 1. The summed E-state index contributed by atoms with van der Waals surface area (Å²) in [7, 11) is 0. The van der Waals surface area contributed by atoms with E-state index in [1.54, 1.807) is 24.3 Å². The van der Waals surface area contributed by atoms with Crippen molar-refractivity contribution in [3.8, 4) is 0 Å². The summed E-state index contributed by atoms with van der Waals surface area (Å²) in [6, 6.07) is 16.6. The molecule has 6 heteroatoms. The van der Waals surface area contributed by atoms with E-state index >= 15 is 0 Å². The fourth-order valence-electron chi connectivity index (χ4n) is 2.51. The summed E-state index contributed by atoms with van der Waals surface area (Å²) in [5, 5.41) is 6.29. The standard InChI is InChI=1S/C19H17ClN2O3/c20-16-8-6-14(7-9-16)12-19(24)25-13-18(23)22-11-10-17(21-22)15-4-2-1-3-5-15/h1-9H,10-13H2. The highest BCUT2D eigenvalue weighted by molar-refractivity contribution is 6.30. The normalized spacial score (nSPS) is 13.5. The van der Waals surface area contributed by atoms with E-state index in [0.717, 1.165) is 16.8 Å². The van der Waals surface area contributed by atoms with E-state index in [9.17, 15) is 9.59 Å². The zero-order valence-corrected chi connectivity index (χ0v) is 14.3. The smallest absolute Gasteiger partial charge is 0.310 e. The van der Waals surface area contributed by atoms with Crippen LogP contribution < -0.4 is 0 Å². The number of benzene rings is 2. The number of hydrogen-bond donors (Lipinski definition) is 0. The second-order valence-corrected chi connectivity index (χ2v) is 6.08. The van der Waals surface area contributed by atoms with Crippen LogP contribution in [0, 0.1) is 0 Å². The third-order valence-corrected chi connectivity index (χ3v) is 4.07. The second-order valence-electron chi connectivity index (χ2n) is 5.64. The van der Waals surface area contributed by atoms with Crippen LogP contribution in [0.25, 0.3) is 0 Å². The average molecular weight is 357 g/mol. The maximum atomic E-state index is 12.1. The van der Waals surface area contributed by atoms with Gasteiger partial charge in [0.2, 0.25) is 0 Å². The summed E-state index contributed by atoms with van der Waals surface area (Å²) in [4.78, 5) is 24.0. The van der Waals surface area contributed by atoms with E-state index in [4.69, 9.17) is 16.3 Å². The summed E-state index contributed by atoms with van der Waals surface area (Å²) in [5.41, 5.74) is 2.64. The number of nitrogens with zero attached hydrogens (tertiary/aromatic N) is 2. The monoisotopic (exact) mass is 356 g/mol. The number of hydrazone groups is 1. The zero-order valence-electron chi connectivity index (χ0n) is 13.5. The second kappa shape index (κ2) is 7.94. The van der Waals surface area contributed by atoms with E-state index in [1.165, 1.54) is 5.01 Å². The molecule has 128 valence electrons. The molecule has 1 amide bonds. The minimum absolute atomic E-state index is 0.100. The maximum absolute atomic E-state index is 12.1. The Morgan fingerprint density at radius 2 is 1.80 bits per heavy atom. The van der Waals surface area contributed by atoms with Crippen LogP contribution in [-0.4, -0.2) is 35.7 Å². The number of carbonyl (C=O) groups is 2. The molecule has 5 nitrogen and oxygen atoms in total. The van der Waals surface area contributed by atoms with Crippen LogP contribution in [0.4, 0.5) is 0 Å². The van der Waals surface area contributed by atoms with Gasteiger partial charge in [-0.2, -0.15) is 5.10 Å². The van der Waals surface area contributed by atoms with Crippen LogP contribution >= 0.6 is 11.6 Å². The molecular weight excluding hydrogens is 340 g/mol. The van der Waals surface area contributed by atoms with E-state index in [2.05, 4.69) is 5.10 Å². The first-order valence-electron chi connectivity index (χ1n) is 7.95. The minimum Gasteiger partial charge on any atom is -0.455 e. The molecule has 0 aromatic heterocycles. The van der Waals surface area contributed by atoms with Gasteiger partial charge in [0.05, 0.1) is 18.7 Å². The molecule has 0 fully saturated rings. The SMILES string of the molecule is O=C(Cc1ccc(Cl)cc1)OCC(=O)N1CCC(c2ccccc2)=N1.